The molecular weight excluding hydrogens is 512 g/mol. The van der Waals surface area contributed by atoms with Crippen LogP contribution in [0, 0.1) is 0 Å². The van der Waals surface area contributed by atoms with Gasteiger partial charge in [0.1, 0.15) is 28.8 Å². The van der Waals surface area contributed by atoms with Crippen LogP contribution in [0.15, 0.2) is 59.1 Å². The molecule has 3 aromatic carbocycles. The van der Waals surface area contributed by atoms with E-state index in [1.165, 1.54) is 0 Å². The summed E-state index contributed by atoms with van der Waals surface area (Å²) in [6, 6.07) is 17.3. The third-order valence-electron chi connectivity index (χ3n) is 5.54. The molecule has 0 saturated carbocycles. The molecular formula is C26H27BrN4O4. The molecule has 0 bridgehead atoms. The average molecular weight is 539 g/mol. The maximum atomic E-state index is 5.54. The molecule has 0 unspecified atom stereocenters. The molecule has 0 fully saturated rings. The van der Waals surface area contributed by atoms with E-state index in [0.717, 1.165) is 49.5 Å². The van der Waals surface area contributed by atoms with Gasteiger partial charge in [0.25, 0.3) is 0 Å². The van der Waals surface area contributed by atoms with E-state index in [4.69, 9.17) is 28.9 Å². The van der Waals surface area contributed by atoms with Crippen molar-refractivity contribution in [2.75, 3.05) is 39.1 Å². The van der Waals surface area contributed by atoms with E-state index in [0.29, 0.717) is 24.9 Å². The summed E-state index contributed by atoms with van der Waals surface area (Å²) in [6.45, 7) is 0.991. The lowest BCUT2D eigenvalue weighted by Gasteiger charge is -2.15. The molecule has 4 aromatic rings. The number of rotatable bonds is 10. The van der Waals surface area contributed by atoms with Crippen molar-refractivity contribution >= 4 is 38.6 Å². The number of nitrogens with one attached hydrogen (secondary N) is 2. The van der Waals surface area contributed by atoms with Crippen LogP contribution in [-0.2, 0) is 13.1 Å². The Morgan fingerprint density at radius 1 is 0.714 bits per heavy atom. The van der Waals surface area contributed by atoms with Crippen molar-refractivity contribution in [1.82, 2.24) is 9.97 Å². The van der Waals surface area contributed by atoms with Crippen molar-refractivity contribution in [2.24, 2.45) is 0 Å². The van der Waals surface area contributed by atoms with Gasteiger partial charge in [-0.3, -0.25) is 0 Å². The summed E-state index contributed by atoms with van der Waals surface area (Å²) in [4.78, 5) is 9.49. The number of methoxy groups -OCH3 is 4. The van der Waals surface area contributed by atoms with Gasteiger partial charge in [0, 0.05) is 40.8 Å². The number of halogens is 1. The minimum absolute atomic E-state index is 0.485. The molecule has 0 atom stereocenters. The topological polar surface area (TPSA) is 86.8 Å². The Balaban J connectivity index is 1.62. The van der Waals surface area contributed by atoms with Crippen LogP contribution in [0.2, 0.25) is 0 Å². The highest BCUT2D eigenvalue weighted by Gasteiger charge is 2.13. The number of hydrogen-bond donors (Lipinski definition) is 2. The summed E-state index contributed by atoms with van der Waals surface area (Å²) < 4.78 is 22.6. The molecule has 0 spiro atoms. The largest absolute Gasteiger partial charge is 0.497 e. The van der Waals surface area contributed by atoms with E-state index in [1.54, 1.807) is 28.4 Å². The Hall–Kier alpha value is -3.72. The Morgan fingerprint density at radius 2 is 1.31 bits per heavy atom. The SMILES string of the molecule is COc1ccc(CNc2nc(NCc3ccc(OC)cc3OC)c3c(Br)cccc3n2)c(OC)c1. The number of hydrogen-bond acceptors (Lipinski definition) is 8. The van der Waals surface area contributed by atoms with Gasteiger partial charge in [-0.25, -0.2) is 4.98 Å². The molecule has 182 valence electrons. The van der Waals surface area contributed by atoms with Crippen molar-refractivity contribution in [2.45, 2.75) is 13.1 Å². The summed E-state index contributed by atoms with van der Waals surface area (Å²) >= 11 is 3.64. The van der Waals surface area contributed by atoms with Crippen molar-refractivity contribution in [3.63, 3.8) is 0 Å². The standard InChI is InChI=1S/C26H27BrN4O4/c1-32-18-10-8-16(22(12-18)34-3)14-28-25-24-20(27)6-5-7-21(24)30-26(31-25)29-15-17-9-11-19(33-2)13-23(17)35-4/h5-13H,14-15H2,1-4H3,(H2,28,29,30,31). The second-order valence-electron chi connectivity index (χ2n) is 7.59. The first kappa shape index (κ1) is 24.4. The van der Waals surface area contributed by atoms with E-state index in [-0.39, 0.29) is 0 Å². The highest BCUT2D eigenvalue weighted by atomic mass is 79.9. The Morgan fingerprint density at radius 3 is 1.89 bits per heavy atom. The lowest BCUT2D eigenvalue weighted by Crippen LogP contribution is -2.09. The van der Waals surface area contributed by atoms with E-state index >= 15 is 0 Å². The van der Waals surface area contributed by atoms with Crippen LogP contribution >= 0.6 is 15.9 Å². The molecule has 1 aromatic heterocycles. The highest BCUT2D eigenvalue weighted by molar-refractivity contribution is 9.10. The quantitative estimate of drug-likeness (QED) is 0.268. The fourth-order valence-electron chi connectivity index (χ4n) is 3.70. The molecule has 4 rings (SSSR count). The van der Waals surface area contributed by atoms with Gasteiger partial charge in [-0.1, -0.05) is 6.07 Å². The zero-order valence-electron chi connectivity index (χ0n) is 20.0. The van der Waals surface area contributed by atoms with Gasteiger partial charge >= 0.3 is 0 Å². The average Bonchev–Trinajstić information content (AvgIpc) is 2.90. The normalized spacial score (nSPS) is 10.7. The number of benzene rings is 3. The van der Waals surface area contributed by atoms with Crippen LogP contribution in [0.3, 0.4) is 0 Å². The van der Waals surface area contributed by atoms with Crippen LogP contribution in [0.25, 0.3) is 10.9 Å². The first-order valence-corrected chi connectivity index (χ1v) is 11.7. The third-order valence-corrected chi connectivity index (χ3v) is 6.21. The van der Waals surface area contributed by atoms with E-state index in [2.05, 4.69) is 26.6 Å². The summed E-state index contributed by atoms with van der Waals surface area (Å²) in [5.41, 5.74) is 2.75. The summed E-state index contributed by atoms with van der Waals surface area (Å²) in [5.74, 6) is 4.13. The maximum absolute atomic E-state index is 5.54. The van der Waals surface area contributed by atoms with Crippen LogP contribution in [0.5, 0.6) is 23.0 Å². The van der Waals surface area contributed by atoms with Crippen molar-refractivity contribution in [3.8, 4) is 23.0 Å². The lowest BCUT2D eigenvalue weighted by atomic mass is 10.1. The predicted molar refractivity (Wildman–Crippen MR) is 141 cm³/mol. The van der Waals surface area contributed by atoms with E-state index < -0.39 is 0 Å². The molecule has 35 heavy (non-hydrogen) atoms. The molecule has 0 radical (unpaired) electrons. The van der Waals surface area contributed by atoms with E-state index in [1.807, 2.05) is 54.6 Å². The summed E-state index contributed by atoms with van der Waals surface area (Å²) in [6.07, 6.45) is 0. The first-order valence-electron chi connectivity index (χ1n) is 10.9. The Kier molecular flexibility index (Phi) is 7.77. The zero-order valence-corrected chi connectivity index (χ0v) is 21.6. The second-order valence-corrected chi connectivity index (χ2v) is 8.45. The monoisotopic (exact) mass is 538 g/mol. The molecule has 0 aliphatic carbocycles. The van der Waals surface area contributed by atoms with Crippen molar-refractivity contribution in [1.29, 1.82) is 0 Å². The van der Waals surface area contributed by atoms with Gasteiger partial charge in [-0.05, 0) is 52.3 Å². The molecule has 1 heterocycles. The van der Waals surface area contributed by atoms with Crippen LogP contribution in [0.4, 0.5) is 11.8 Å². The minimum atomic E-state index is 0.485. The first-order chi connectivity index (χ1) is 17.1. The van der Waals surface area contributed by atoms with Gasteiger partial charge in [0.2, 0.25) is 5.95 Å². The number of nitrogens with zero attached hydrogens (tertiary/aromatic N) is 2. The second kappa shape index (κ2) is 11.1. The molecule has 0 amide bonds. The van der Waals surface area contributed by atoms with Crippen LogP contribution < -0.4 is 29.6 Å². The Bertz CT molecular complexity index is 1330. The van der Waals surface area contributed by atoms with Crippen molar-refractivity contribution in [3.05, 3.63) is 70.2 Å². The smallest absolute Gasteiger partial charge is 0.225 e. The summed E-state index contributed by atoms with van der Waals surface area (Å²) in [5, 5.41) is 7.67. The van der Waals surface area contributed by atoms with Crippen molar-refractivity contribution < 1.29 is 18.9 Å². The zero-order chi connectivity index (χ0) is 24.8. The number of ether oxygens (including phenoxy) is 4. The highest BCUT2D eigenvalue weighted by Crippen LogP contribution is 2.32. The third kappa shape index (κ3) is 5.51. The Labute approximate surface area is 212 Å². The molecule has 0 aliphatic rings. The van der Waals surface area contributed by atoms with E-state index in [9.17, 15) is 0 Å². The lowest BCUT2D eigenvalue weighted by molar-refractivity contribution is 0.391. The minimum Gasteiger partial charge on any atom is -0.497 e. The molecule has 8 nitrogen and oxygen atoms in total. The van der Waals surface area contributed by atoms with Gasteiger partial charge in [0.05, 0.1) is 39.3 Å². The maximum Gasteiger partial charge on any atom is 0.225 e. The molecule has 0 saturated heterocycles. The fraction of sp³-hybridized carbons (Fsp3) is 0.231. The van der Waals surface area contributed by atoms with Gasteiger partial charge in [0.15, 0.2) is 0 Å². The number of anilines is 2. The van der Waals surface area contributed by atoms with Gasteiger partial charge in [-0.2, -0.15) is 4.98 Å². The predicted octanol–water partition coefficient (Wildman–Crippen LogP) is 5.65. The molecule has 9 heteroatoms. The number of aromatic nitrogens is 2. The van der Waals surface area contributed by atoms with Crippen LogP contribution in [0.1, 0.15) is 11.1 Å². The number of fused-ring (bicyclic) bond motifs is 1. The molecule has 2 N–H and O–H groups in total. The van der Waals surface area contributed by atoms with Gasteiger partial charge < -0.3 is 29.6 Å². The van der Waals surface area contributed by atoms with Crippen LogP contribution in [-0.4, -0.2) is 38.4 Å². The molecule has 0 aliphatic heterocycles. The summed E-state index contributed by atoms with van der Waals surface area (Å²) in [7, 11) is 6.54. The fourth-order valence-corrected chi connectivity index (χ4v) is 4.24. The van der Waals surface area contributed by atoms with Gasteiger partial charge in [-0.15, -0.1) is 0 Å².